The van der Waals surface area contributed by atoms with E-state index in [0.29, 0.717) is 24.4 Å². The van der Waals surface area contributed by atoms with Crippen LogP contribution in [0.1, 0.15) is 29.2 Å². The number of carbonyl (C=O) groups is 2. The third kappa shape index (κ3) is 3.15. The molecule has 0 bridgehead atoms. The van der Waals surface area contributed by atoms with Crippen molar-refractivity contribution >= 4 is 17.4 Å². The van der Waals surface area contributed by atoms with Gasteiger partial charge in [0.15, 0.2) is 0 Å². The molecule has 4 nitrogen and oxygen atoms in total. The van der Waals surface area contributed by atoms with Crippen LogP contribution in [0.3, 0.4) is 0 Å². The summed E-state index contributed by atoms with van der Waals surface area (Å²) in [5.74, 6) is -0.426. The lowest BCUT2D eigenvalue weighted by molar-refractivity contribution is -0.137. The van der Waals surface area contributed by atoms with Gasteiger partial charge in [0.1, 0.15) is 5.70 Å². The number of imide groups is 1. The van der Waals surface area contributed by atoms with Crippen LogP contribution in [0.2, 0.25) is 0 Å². The van der Waals surface area contributed by atoms with Crippen LogP contribution in [0.25, 0.3) is 5.57 Å². The molecule has 0 atom stereocenters. The second-order valence-electron chi connectivity index (χ2n) is 6.74. The monoisotopic (exact) mass is 348 g/mol. The third-order valence-corrected chi connectivity index (χ3v) is 4.76. The molecule has 4 heteroatoms. The van der Waals surface area contributed by atoms with Gasteiger partial charge in [0.25, 0.3) is 11.8 Å². The molecule has 2 aromatic carbocycles. The number of amides is 2. The predicted octanol–water partition coefficient (Wildman–Crippen LogP) is 3.54. The Hall–Kier alpha value is -2.88. The van der Waals surface area contributed by atoms with E-state index >= 15 is 0 Å². The zero-order chi connectivity index (χ0) is 18.8. The zero-order valence-corrected chi connectivity index (χ0v) is 15.7. The van der Waals surface area contributed by atoms with Gasteiger partial charge >= 0.3 is 0 Å². The Morgan fingerprint density at radius 1 is 0.962 bits per heavy atom. The van der Waals surface area contributed by atoms with Crippen LogP contribution >= 0.6 is 0 Å². The molecule has 0 unspecified atom stereocenters. The van der Waals surface area contributed by atoms with E-state index in [1.807, 2.05) is 81.2 Å². The molecular formula is C22H24N2O2. The SMILES string of the molecule is CCN1C(=O)C(c2ccc(C)cc2C)=C(N(C)Cc2ccccc2)C1=O. The number of aryl methyl sites for hydroxylation is 2. The first-order valence-electron chi connectivity index (χ1n) is 8.87. The predicted molar refractivity (Wildman–Crippen MR) is 103 cm³/mol. The molecule has 1 heterocycles. The van der Waals surface area contributed by atoms with Crippen molar-refractivity contribution in [3.8, 4) is 0 Å². The first kappa shape index (κ1) is 17.9. The molecule has 3 rings (SSSR count). The topological polar surface area (TPSA) is 40.6 Å². The van der Waals surface area contributed by atoms with Crippen molar-refractivity contribution in [3.05, 3.63) is 76.5 Å². The molecule has 2 amide bonds. The van der Waals surface area contributed by atoms with E-state index in [1.165, 1.54) is 4.90 Å². The number of rotatable bonds is 5. The van der Waals surface area contributed by atoms with Gasteiger partial charge in [0.2, 0.25) is 0 Å². The summed E-state index contributed by atoms with van der Waals surface area (Å²) >= 11 is 0. The lowest BCUT2D eigenvalue weighted by Crippen LogP contribution is -2.33. The summed E-state index contributed by atoms with van der Waals surface area (Å²) in [7, 11) is 1.87. The van der Waals surface area contributed by atoms with Crippen molar-refractivity contribution in [2.75, 3.05) is 13.6 Å². The Kier molecular flexibility index (Phi) is 4.94. The summed E-state index contributed by atoms with van der Waals surface area (Å²) in [5, 5.41) is 0. The zero-order valence-electron chi connectivity index (χ0n) is 15.7. The smallest absolute Gasteiger partial charge is 0.277 e. The molecule has 0 N–H and O–H groups in total. The highest BCUT2D eigenvalue weighted by Gasteiger charge is 2.40. The number of nitrogens with zero attached hydrogens (tertiary/aromatic N) is 2. The first-order valence-corrected chi connectivity index (χ1v) is 8.87. The second-order valence-corrected chi connectivity index (χ2v) is 6.74. The highest BCUT2D eigenvalue weighted by Crippen LogP contribution is 2.33. The van der Waals surface area contributed by atoms with Gasteiger partial charge in [0.05, 0.1) is 5.57 Å². The van der Waals surface area contributed by atoms with Crippen LogP contribution in [0.5, 0.6) is 0 Å². The molecule has 134 valence electrons. The van der Waals surface area contributed by atoms with Gasteiger partial charge in [-0.25, -0.2) is 0 Å². The van der Waals surface area contributed by atoms with E-state index in [2.05, 4.69) is 0 Å². The molecule has 0 aromatic heterocycles. The highest BCUT2D eigenvalue weighted by molar-refractivity contribution is 6.35. The fourth-order valence-corrected chi connectivity index (χ4v) is 3.48. The summed E-state index contributed by atoms with van der Waals surface area (Å²) in [6, 6.07) is 15.9. The maximum Gasteiger partial charge on any atom is 0.277 e. The molecule has 0 aliphatic carbocycles. The van der Waals surface area contributed by atoms with Gasteiger partial charge in [-0.1, -0.05) is 54.1 Å². The summed E-state index contributed by atoms with van der Waals surface area (Å²) < 4.78 is 0. The van der Waals surface area contributed by atoms with Crippen molar-refractivity contribution < 1.29 is 9.59 Å². The maximum atomic E-state index is 13.0. The number of benzene rings is 2. The standard InChI is InChI=1S/C22H24N2O2/c1-5-24-21(25)19(18-12-11-15(2)13-16(18)3)20(22(24)26)23(4)14-17-9-7-6-8-10-17/h6-13H,5,14H2,1-4H3. The molecular weight excluding hydrogens is 324 g/mol. The molecule has 1 aliphatic rings. The minimum absolute atomic E-state index is 0.209. The molecule has 26 heavy (non-hydrogen) atoms. The van der Waals surface area contributed by atoms with Crippen LogP contribution in [0.15, 0.2) is 54.2 Å². The molecule has 0 radical (unpaired) electrons. The lowest BCUT2D eigenvalue weighted by Gasteiger charge is -2.21. The largest absolute Gasteiger partial charge is 0.365 e. The lowest BCUT2D eigenvalue weighted by atomic mass is 9.97. The average Bonchev–Trinajstić information content (AvgIpc) is 2.86. The van der Waals surface area contributed by atoms with Gasteiger partial charge in [-0.05, 0) is 37.5 Å². The Morgan fingerprint density at radius 3 is 2.27 bits per heavy atom. The van der Waals surface area contributed by atoms with Crippen LogP contribution in [0.4, 0.5) is 0 Å². The summed E-state index contributed by atoms with van der Waals surface area (Å²) in [4.78, 5) is 29.1. The molecule has 0 fully saturated rings. The average molecular weight is 348 g/mol. The Labute approximate surface area is 154 Å². The van der Waals surface area contributed by atoms with Crippen molar-refractivity contribution in [1.29, 1.82) is 0 Å². The van der Waals surface area contributed by atoms with E-state index in [0.717, 1.165) is 22.3 Å². The number of likely N-dealkylation sites (N-methyl/N-ethyl adjacent to an activating group) is 2. The first-order chi connectivity index (χ1) is 12.4. The molecule has 2 aromatic rings. The summed E-state index contributed by atoms with van der Waals surface area (Å²) in [6.45, 7) is 6.77. The van der Waals surface area contributed by atoms with Gasteiger partial charge in [0, 0.05) is 20.1 Å². The van der Waals surface area contributed by atoms with Crippen LogP contribution in [0, 0.1) is 13.8 Å². The molecule has 0 spiro atoms. The Balaban J connectivity index is 2.09. The highest BCUT2D eigenvalue weighted by atomic mass is 16.2. The third-order valence-electron chi connectivity index (χ3n) is 4.76. The molecule has 1 aliphatic heterocycles. The van der Waals surface area contributed by atoms with Crippen LogP contribution < -0.4 is 0 Å². The molecule has 0 saturated carbocycles. The Bertz CT molecular complexity index is 884. The maximum absolute atomic E-state index is 13.0. The number of carbonyl (C=O) groups excluding carboxylic acids is 2. The van der Waals surface area contributed by atoms with Gasteiger partial charge < -0.3 is 4.90 Å². The van der Waals surface area contributed by atoms with E-state index in [9.17, 15) is 9.59 Å². The van der Waals surface area contributed by atoms with Gasteiger partial charge in [-0.3, -0.25) is 14.5 Å². The normalized spacial score (nSPS) is 14.4. The Morgan fingerprint density at radius 2 is 1.65 bits per heavy atom. The van der Waals surface area contributed by atoms with E-state index in [4.69, 9.17) is 0 Å². The van der Waals surface area contributed by atoms with Crippen LogP contribution in [-0.4, -0.2) is 35.2 Å². The van der Waals surface area contributed by atoms with Crippen molar-refractivity contribution in [3.63, 3.8) is 0 Å². The van der Waals surface area contributed by atoms with Crippen molar-refractivity contribution in [1.82, 2.24) is 9.80 Å². The summed E-state index contributed by atoms with van der Waals surface area (Å²) in [6.07, 6.45) is 0. The fraction of sp³-hybridized carbons (Fsp3) is 0.273. The fourth-order valence-electron chi connectivity index (χ4n) is 3.48. The van der Waals surface area contributed by atoms with E-state index in [-0.39, 0.29) is 11.8 Å². The quantitative estimate of drug-likeness (QED) is 0.776. The minimum Gasteiger partial charge on any atom is -0.365 e. The van der Waals surface area contributed by atoms with Gasteiger partial charge in [-0.2, -0.15) is 0 Å². The number of hydrogen-bond donors (Lipinski definition) is 0. The van der Waals surface area contributed by atoms with Crippen LogP contribution in [-0.2, 0) is 16.1 Å². The van der Waals surface area contributed by atoms with E-state index in [1.54, 1.807) is 0 Å². The van der Waals surface area contributed by atoms with Gasteiger partial charge in [-0.15, -0.1) is 0 Å². The number of hydrogen-bond acceptors (Lipinski definition) is 3. The van der Waals surface area contributed by atoms with E-state index < -0.39 is 0 Å². The van der Waals surface area contributed by atoms with Crippen molar-refractivity contribution in [2.24, 2.45) is 0 Å². The van der Waals surface area contributed by atoms with Crippen molar-refractivity contribution in [2.45, 2.75) is 27.3 Å². The second kappa shape index (κ2) is 7.16. The minimum atomic E-state index is -0.217. The summed E-state index contributed by atoms with van der Waals surface area (Å²) in [5.41, 5.74) is 5.05. The molecule has 0 saturated heterocycles.